The second-order valence-corrected chi connectivity index (χ2v) is 5.89. The van der Waals surface area contributed by atoms with E-state index >= 15 is 0 Å². The first-order valence-electron chi connectivity index (χ1n) is 8.34. The largest absolute Gasteiger partial charge is 0.496 e. The van der Waals surface area contributed by atoms with Crippen molar-refractivity contribution in [3.8, 4) is 5.75 Å². The molecule has 0 saturated heterocycles. The van der Waals surface area contributed by atoms with Gasteiger partial charge in [0.05, 0.1) is 17.6 Å². The van der Waals surface area contributed by atoms with Gasteiger partial charge in [0.1, 0.15) is 5.75 Å². The molecular weight excluding hydrogens is 346 g/mol. The smallest absolute Gasteiger partial charge is 0.270 e. The van der Waals surface area contributed by atoms with Gasteiger partial charge < -0.3 is 15.4 Å². The average Bonchev–Trinajstić information content (AvgIpc) is 2.70. The minimum Gasteiger partial charge on any atom is -0.496 e. The van der Waals surface area contributed by atoms with Crippen LogP contribution in [0.5, 0.6) is 5.75 Å². The number of nitro benzene ring substituents is 1. The molecule has 7 nitrogen and oxygen atoms in total. The molecule has 0 atom stereocenters. The van der Waals surface area contributed by atoms with Crippen LogP contribution < -0.4 is 15.4 Å². The number of nitrogens with one attached hydrogen (secondary N) is 2. The summed E-state index contributed by atoms with van der Waals surface area (Å²) in [6.45, 7) is 0.231. The van der Waals surface area contributed by atoms with Crippen LogP contribution in [-0.4, -0.2) is 25.0 Å². The number of hydrogen-bond donors (Lipinski definition) is 2. The zero-order valence-electron chi connectivity index (χ0n) is 15.0. The summed E-state index contributed by atoms with van der Waals surface area (Å²) in [6.07, 6.45) is 0. The van der Waals surface area contributed by atoms with E-state index in [1.165, 1.54) is 18.2 Å². The monoisotopic (exact) mass is 365 g/mol. The van der Waals surface area contributed by atoms with Crippen molar-refractivity contribution in [1.29, 1.82) is 0 Å². The van der Waals surface area contributed by atoms with Crippen LogP contribution in [-0.2, 0) is 6.54 Å². The van der Waals surface area contributed by atoms with Crippen LogP contribution >= 0.6 is 0 Å². The Morgan fingerprint density at radius 1 is 1.15 bits per heavy atom. The summed E-state index contributed by atoms with van der Waals surface area (Å²) in [6, 6.07) is 15.8. The molecule has 0 aliphatic rings. The number of nitro groups is 1. The lowest BCUT2D eigenvalue weighted by molar-refractivity contribution is -0.384. The van der Waals surface area contributed by atoms with E-state index in [4.69, 9.17) is 4.74 Å². The molecule has 3 rings (SSSR count). The van der Waals surface area contributed by atoms with Crippen LogP contribution in [0.3, 0.4) is 0 Å². The van der Waals surface area contributed by atoms with Crippen molar-refractivity contribution in [1.82, 2.24) is 5.32 Å². The highest BCUT2D eigenvalue weighted by molar-refractivity contribution is 6.00. The quantitative estimate of drug-likeness (QED) is 0.513. The first-order valence-corrected chi connectivity index (χ1v) is 8.34. The summed E-state index contributed by atoms with van der Waals surface area (Å²) in [5, 5.41) is 18.8. The first-order chi connectivity index (χ1) is 13.0. The summed E-state index contributed by atoms with van der Waals surface area (Å²) >= 11 is 0. The average molecular weight is 365 g/mol. The second kappa shape index (κ2) is 7.74. The van der Waals surface area contributed by atoms with Crippen molar-refractivity contribution < 1.29 is 14.5 Å². The molecule has 0 aliphatic heterocycles. The fourth-order valence-electron chi connectivity index (χ4n) is 3.01. The van der Waals surface area contributed by atoms with Crippen molar-refractivity contribution in [3.63, 3.8) is 0 Å². The summed E-state index contributed by atoms with van der Waals surface area (Å²) in [5.74, 6) is 0.264. The highest BCUT2D eigenvalue weighted by Gasteiger charge is 2.17. The van der Waals surface area contributed by atoms with Gasteiger partial charge in [-0.15, -0.1) is 0 Å². The van der Waals surface area contributed by atoms with Crippen molar-refractivity contribution in [3.05, 3.63) is 75.8 Å². The van der Waals surface area contributed by atoms with Crippen LogP contribution in [0, 0.1) is 10.1 Å². The van der Waals surface area contributed by atoms with Gasteiger partial charge in [0.15, 0.2) is 0 Å². The maximum absolute atomic E-state index is 12.7. The maximum Gasteiger partial charge on any atom is 0.270 e. The predicted molar refractivity (Wildman–Crippen MR) is 104 cm³/mol. The van der Waals surface area contributed by atoms with Gasteiger partial charge in [0.25, 0.3) is 11.6 Å². The normalized spacial score (nSPS) is 10.4. The molecule has 0 radical (unpaired) electrons. The van der Waals surface area contributed by atoms with Gasteiger partial charge >= 0.3 is 0 Å². The molecule has 27 heavy (non-hydrogen) atoms. The first kappa shape index (κ1) is 18.2. The third-order valence-electron chi connectivity index (χ3n) is 4.37. The van der Waals surface area contributed by atoms with Crippen LogP contribution in [0.4, 0.5) is 11.4 Å². The van der Waals surface area contributed by atoms with E-state index in [1.54, 1.807) is 14.2 Å². The Labute approximate surface area is 156 Å². The molecular formula is C20H19N3O4. The number of methoxy groups -OCH3 is 1. The third kappa shape index (κ3) is 3.67. The van der Waals surface area contributed by atoms with Gasteiger partial charge in [-0.05, 0) is 22.9 Å². The number of benzene rings is 3. The number of non-ortho nitro benzene ring substituents is 1. The van der Waals surface area contributed by atoms with Crippen LogP contribution in [0.2, 0.25) is 0 Å². The van der Waals surface area contributed by atoms with Crippen LogP contribution in [0.25, 0.3) is 10.8 Å². The summed E-state index contributed by atoms with van der Waals surface area (Å²) in [4.78, 5) is 23.2. The zero-order valence-corrected chi connectivity index (χ0v) is 15.0. The molecule has 0 spiro atoms. The number of nitrogens with zero attached hydrogens (tertiary/aromatic N) is 1. The highest BCUT2D eigenvalue weighted by atomic mass is 16.6. The lowest BCUT2D eigenvalue weighted by Crippen LogP contribution is -2.24. The van der Waals surface area contributed by atoms with Crippen molar-refractivity contribution >= 4 is 28.1 Å². The fraction of sp³-hybridized carbons (Fsp3) is 0.150. The molecule has 2 N–H and O–H groups in total. The maximum atomic E-state index is 12.7. The Balaban J connectivity index is 1.92. The number of ether oxygens (including phenoxy) is 1. The standard InChI is InChI=1S/C20H19N3O4/c1-21-18-9-8-14(23(25)26)11-16(18)20(24)22-12-17-15-6-4-3-5-13(15)7-10-19(17)27-2/h3-11,21H,12H2,1-2H3,(H,22,24). The number of carbonyl (C=O) groups is 1. The zero-order chi connectivity index (χ0) is 19.4. The lowest BCUT2D eigenvalue weighted by atomic mass is 10.0. The van der Waals surface area contributed by atoms with E-state index in [0.29, 0.717) is 11.4 Å². The van der Waals surface area contributed by atoms with E-state index in [1.807, 2.05) is 36.4 Å². The molecule has 1 amide bonds. The molecule has 0 saturated carbocycles. The molecule has 0 aromatic heterocycles. The molecule has 0 aliphatic carbocycles. The van der Waals surface area contributed by atoms with Crippen molar-refractivity contribution in [2.24, 2.45) is 0 Å². The minimum absolute atomic E-state index is 0.137. The number of hydrogen-bond acceptors (Lipinski definition) is 5. The number of fused-ring (bicyclic) bond motifs is 1. The van der Waals surface area contributed by atoms with Gasteiger partial charge in [-0.25, -0.2) is 0 Å². The van der Waals surface area contributed by atoms with Gasteiger partial charge in [0.2, 0.25) is 0 Å². The molecule has 0 heterocycles. The fourth-order valence-corrected chi connectivity index (χ4v) is 3.01. The van der Waals surface area contributed by atoms with Gasteiger partial charge in [-0.2, -0.15) is 0 Å². The molecule has 0 fully saturated rings. The van der Waals surface area contributed by atoms with Crippen molar-refractivity contribution in [2.45, 2.75) is 6.54 Å². The summed E-state index contributed by atoms with van der Waals surface area (Å²) < 4.78 is 5.43. The second-order valence-electron chi connectivity index (χ2n) is 5.89. The van der Waals surface area contributed by atoms with E-state index in [0.717, 1.165) is 16.3 Å². The molecule has 0 bridgehead atoms. The van der Waals surface area contributed by atoms with Gasteiger partial charge in [0, 0.05) is 37.0 Å². The molecule has 3 aromatic carbocycles. The number of rotatable bonds is 6. The molecule has 138 valence electrons. The topological polar surface area (TPSA) is 93.5 Å². The van der Waals surface area contributed by atoms with Gasteiger partial charge in [-0.3, -0.25) is 14.9 Å². The molecule has 7 heteroatoms. The number of carbonyl (C=O) groups excluding carboxylic acids is 1. The third-order valence-corrected chi connectivity index (χ3v) is 4.37. The lowest BCUT2D eigenvalue weighted by Gasteiger charge is -2.14. The molecule has 3 aromatic rings. The Morgan fingerprint density at radius 3 is 2.63 bits per heavy atom. The van der Waals surface area contributed by atoms with Crippen LogP contribution in [0.1, 0.15) is 15.9 Å². The SMILES string of the molecule is CNc1ccc([N+](=O)[O-])cc1C(=O)NCc1c(OC)ccc2ccccc12. The van der Waals surface area contributed by atoms with E-state index in [2.05, 4.69) is 10.6 Å². The van der Waals surface area contributed by atoms with E-state index in [9.17, 15) is 14.9 Å². The Hall–Kier alpha value is -3.61. The molecule has 0 unspecified atom stereocenters. The van der Waals surface area contributed by atoms with Gasteiger partial charge in [-0.1, -0.05) is 30.3 Å². The minimum atomic E-state index is -0.524. The van der Waals surface area contributed by atoms with E-state index in [-0.39, 0.29) is 17.8 Å². The number of amides is 1. The Bertz CT molecular complexity index is 1020. The van der Waals surface area contributed by atoms with Crippen molar-refractivity contribution in [2.75, 3.05) is 19.5 Å². The highest BCUT2D eigenvalue weighted by Crippen LogP contribution is 2.28. The number of anilines is 1. The van der Waals surface area contributed by atoms with E-state index < -0.39 is 10.8 Å². The summed E-state index contributed by atoms with van der Waals surface area (Å²) in [7, 11) is 3.24. The Morgan fingerprint density at radius 2 is 1.93 bits per heavy atom. The Kier molecular flexibility index (Phi) is 5.21. The predicted octanol–water partition coefficient (Wildman–Crippen LogP) is 3.73. The van der Waals surface area contributed by atoms with Crippen LogP contribution in [0.15, 0.2) is 54.6 Å². The summed E-state index contributed by atoms with van der Waals surface area (Å²) in [5.41, 5.74) is 1.44.